The fraction of sp³-hybridized carbons (Fsp3) is 0.250. The van der Waals surface area contributed by atoms with Crippen LogP contribution in [0, 0.1) is 23.0 Å². The Bertz CT molecular complexity index is 1360. The van der Waals surface area contributed by atoms with Gasteiger partial charge in [-0.05, 0) is 49.5 Å². The number of aromatic nitrogens is 4. The number of nitriles is 1. The molecule has 8 nitrogen and oxygen atoms in total. The lowest BCUT2D eigenvalue weighted by Gasteiger charge is -2.35. The van der Waals surface area contributed by atoms with E-state index in [1.165, 1.54) is 0 Å². The van der Waals surface area contributed by atoms with Crippen LogP contribution in [0.1, 0.15) is 11.3 Å². The minimum absolute atomic E-state index is 0.587. The van der Waals surface area contributed by atoms with E-state index in [4.69, 9.17) is 21.7 Å². The van der Waals surface area contributed by atoms with Crippen LogP contribution < -0.4 is 4.90 Å². The fourth-order valence-electron chi connectivity index (χ4n) is 4.13. The zero-order valence-electron chi connectivity index (χ0n) is 18.3. The fourth-order valence-corrected chi connectivity index (χ4v) is 4.42. The lowest BCUT2D eigenvalue weighted by atomic mass is 10.2. The van der Waals surface area contributed by atoms with Gasteiger partial charge in [-0.15, -0.1) is 5.10 Å². The van der Waals surface area contributed by atoms with Crippen LogP contribution in [0.5, 0.6) is 0 Å². The maximum absolute atomic E-state index is 9.39. The number of hydrogen-bond acceptors (Lipinski definition) is 7. The number of piperazine rings is 1. The van der Waals surface area contributed by atoms with Gasteiger partial charge in [0, 0.05) is 38.1 Å². The first-order valence-corrected chi connectivity index (χ1v) is 11.2. The van der Waals surface area contributed by atoms with Gasteiger partial charge in [-0.3, -0.25) is 9.47 Å². The Balaban J connectivity index is 1.40. The Hall–Kier alpha value is -3.74. The van der Waals surface area contributed by atoms with Crippen molar-refractivity contribution in [2.45, 2.75) is 13.6 Å². The highest BCUT2D eigenvalue weighted by Gasteiger charge is 2.23. The van der Waals surface area contributed by atoms with Crippen LogP contribution in [0.3, 0.4) is 0 Å². The second-order valence-electron chi connectivity index (χ2n) is 7.90. The Kier molecular flexibility index (Phi) is 5.77. The van der Waals surface area contributed by atoms with E-state index in [9.17, 15) is 5.26 Å². The van der Waals surface area contributed by atoms with Crippen molar-refractivity contribution < 1.29 is 4.42 Å². The van der Waals surface area contributed by atoms with E-state index in [-0.39, 0.29) is 0 Å². The van der Waals surface area contributed by atoms with E-state index >= 15 is 0 Å². The summed E-state index contributed by atoms with van der Waals surface area (Å²) < 4.78 is 10.0. The molecule has 1 aromatic carbocycles. The van der Waals surface area contributed by atoms with Crippen molar-refractivity contribution in [3.05, 3.63) is 77.1 Å². The highest BCUT2D eigenvalue weighted by Crippen LogP contribution is 2.26. The summed E-state index contributed by atoms with van der Waals surface area (Å²) in [6.45, 7) is 5.73. The number of hydrogen-bond donors (Lipinski definition) is 0. The molecule has 4 heterocycles. The van der Waals surface area contributed by atoms with Gasteiger partial charge in [0.15, 0.2) is 5.82 Å². The molecule has 3 aromatic heterocycles. The van der Waals surface area contributed by atoms with E-state index in [2.05, 4.69) is 20.9 Å². The molecular weight excluding hydrogens is 434 g/mol. The zero-order valence-corrected chi connectivity index (χ0v) is 19.1. The number of furan rings is 1. The first kappa shape index (κ1) is 21.1. The van der Waals surface area contributed by atoms with Crippen LogP contribution in [0.25, 0.3) is 17.1 Å². The van der Waals surface area contributed by atoms with Gasteiger partial charge in [-0.1, -0.05) is 18.2 Å². The number of nitrogens with zero attached hydrogens (tertiary/aromatic N) is 7. The molecule has 1 saturated heterocycles. The van der Waals surface area contributed by atoms with E-state index < -0.39 is 0 Å². The molecule has 9 heteroatoms. The van der Waals surface area contributed by atoms with Crippen molar-refractivity contribution in [2.75, 3.05) is 31.1 Å². The van der Waals surface area contributed by atoms with Crippen molar-refractivity contribution in [2.24, 2.45) is 0 Å². The number of pyridine rings is 1. The molecule has 0 radical (unpaired) electrons. The lowest BCUT2D eigenvalue weighted by molar-refractivity contribution is 0.194. The Morgan fingerprint density at radius 2 is 1.85 bits per heavy atom. The summed E-state index contributed by atoms with van der Waals surface area (Å²) in [5.74, 6) is 2.32. The molecular formula is C24H23N7OS. The first-order chi connectivity index (χ1) is 16.2. The monoisotopic (exact) mass is 457 g/mol. The van der Waals surface area contributed by atoms with E-state index in [0.717, 1.165) is 54.8 Å². The van der Waals surface area contributed by atoms with Crippen LogP contribution in [0.4, 0.5) is 5.82 Å². The molecule has 5 rings (SSSR count). The minimum atomic E-state index is 0.587. The van der Waals surface area contributed by atoms with Gasteiger partial charge < -0.3 is 9.32 Å². The number of anilines is 1. The smallest absolute Gasteiger partial charge is 0.204 e. The van der Waals surface area contributed by atoms with Crippen molar-refractivity contribution in [3.63, 3.8) is 0 Å². The van der Waals surface area contributed by atoms with Gasteiger partial charge in [-0.25, -0.2) is 9.67 Å². The minimum Gasteiger partial charge on any atom is -0.469 e. The Morgan fingerprint density at radius 1 is 1.06 bits per heavy atom. The maximum Gasteiger partial charge on any atom is 0.204 e. The largest absolute Gasteiger partial charge is 0.469 e. The van der Waals surface area contributed by atoms with E-state index in [0.29, 0.717) is 17.0 Å². The Labute approximate surface area is 196 Å². The average molecular weight is 458 g/mol. The SMILES string of the molecule is Cc1occc1-c1nn(CN2CCN(c3ncccc3C#N)CC2)c(=S)n1-c1ccccc1. The molecule has 0 atom stereocenters. The molecule has 0 bridgehead atoms. The molecule has 166 valence electrons. The Morgan fingerprint density at radius 3 is 2.55 bits per heavy atom. The summed E-state index contributed by atoms with van der Waals surface area (Å²) in [5.41, 5.74) is 2.50. The van der Waals surface area contributed by atoms with Crippen LogP contribution in [0.2, 0.25) is 0 Å². The quantitative estimate of drug-likeness (QED) is 0.419. The molecule has 1 aliphatic rings. The topological polar surface area (TPSA) is 79.1 Å². The first-order valence-electron chi connectivity index (χ1n) is 10.8. The summed E-state index contributed by atoms with van der Waals surface area (Å²) in [7, 11) is 0. The summed E-state index contributed by atoms with van der Waals surface area (Å²) >= 11 is 5.86. The van der Waals surface area contributed by atoms with Gasteiger partial charge >= 0.3 is 0 Å². The third kappa shape index (κ3) is 4.06. The molecule has 0 spiro atoms. The summed E-state index contributed by atoms with van der Waals surface area (Å²) in [6, 6.07) is 17.8. The van der Waals surface area contributed by atoms with Gasteiger partial charge in [0.05, 0.1) is 24.1 Å². The number of benzene rings is 1. The van der Waals surface area contributed by atoms with Crippen LogP contribution in [-0.2, 0) is 6.67 Å². The molecule has 0 N–H and O–H groups in total. The second-order valence-corrected chi connectivity index (χ2v) is 8.27. The van der Waals surface area contributed by atoms with Gasteiger partial charge in [-0.2, -0.15) is 5.26 Å². The zero-order chi connectivity index (χ0) is 22.8. The maximum atomic E-state index is 9.39. The van der Waals surface area contributed by atoms with Crippen molar-refractivity contribution in [1.29, 1.82) is 5.26 Å². The van der Waals surface area contributed by atoms with Crippen molar-refractivity contribution in [3.8, 4) is 23.1 Å². The predicted molar refractivity (Wildman–Crippen MR) is 128 cm³/mol. The molecule has 0 saturated carbocycles. The molecule has 4 aromatic rings. The van der Waals surface area contributed by atoms with Crippen molar-refractivity contribution >= 4 is 18.0 Å². The van der Waals surface area contributed by atoms with Crippen LogP contribution in [-0.4, -0.2) is 50.4 Å². The molecule has 33 heavy (non-hydrogen) atoms. The van der Waals surface area contributed by atoms with Crippen LogP contribution >= 0.6 is 12.2 Å². The predicted octanol–water partition coefficient (Wildman–Crippen LogP) is 4.02. The molecule has 0 amide bonds. The van der Waals surface area contributed by atoms with Crippen LogP contribution in [0.15, 0.2) is 65.4 Å². The van der Waals surface area contributed by atoms with E-state index in [1.807, 2.05) is 58.6 Å². The second kappa shape index (κ2) is 9.02. The highest BCUT2D eigenvalue weighted by molar-refractivity contribution is 7.71. The van der Waals surface area contributed by atoms with Crippen molar-refractivity contribution in [1.82, 2.24) is 24.2 Å². The summed E-state index contributed by atoms with van der Waals surface area (Å²) in [6.07, 6.45) is 3.41. The standard InChI is InChI=1S/C24H23N7OS/c1-18-21(9-15-32-18)23-27-30(24(33)31(23)20-7-3-2-4-8-20)17-28-11-13-29(14-12-28)22-19(16-25)6-5-10-26-22/h2-10,15H,11-14,17H2,1H3. The highest BCUT2D eigenvalue weighted by atomic mass is 32.1. The lowest BCUT2D eigenvalue weighted by Crippen LogP contribution is -2.47. The third-order valence-electron chi connectivity index (χ3n) is 5.87. The third-order valence-corrected chi connectivity index (χ3v) is 6.26. The van der Waals surface area contributed by atoms with E-state index in [1.54, 1.807) is 18.5 Å². The normalized spacial score (nSPS) is 14.4. The summed E-state index contributed by atoms with van der Waals surface area (Å²) in [5, 5.41) is 14.3. The molecule has 1 fully saturated rings. The number of para-hydroxylation sites is 1. The number of rotatable bonds is 5. The van der Waals surface area contributed by atoms with Gasteiger partial charge in [0.25, 0.3) is 0 Å². The number of aryl methyl sites for hydroxylation is 1. The van der Waals surface area contributed by atoms with Gasteiger partial charge in [0.2, 0.25) is 4.77 Å². The molecule has 1 aliphatic heterocycles. The molecule has 0 unspecified atom stereocenters. The molecule has 0 aliphatic carbocycles. The van der Waals surface area contributed by atoms with Gasteiger partial charge in [0.1, 0.15) is 17.6 Å². The summed E-state index contributed by atoms with van der Waals surface area (Å²) in [4.78, 5) is 8.90. The average Bonchev–Trinajstić information content (AvgIpc) is 3.42.